The molecule has 1 aliphatic rings. The summed E-state index contributed by atoms with van der Waals surface area (Å²) in [6.07, 6.45) is 6.32. The molecule has 208 valence electrons. The van der Waals surface area contributed by atoms with Gasteiger partial charge in [0.2, 0.25) is 0 Å². The van der Waals surface area contributed by atoms with Crippen LogP contribution >= 0.6 is 34.5 Å². The van der Waals surface area contributed by atoms with E-state index < -0.39 is 0 Å². The molecular weight excluding hydrogens is 563 g/mol. The Balaban J connectivity index is 1.36. The van der Waals surface area contributed by atoms with Gasteiger partial charge in [0, 0.05) is 11.1 Å². The molecule has 0 saturated carbocycles. The van der Waals surface area contributed by atoms with E-state index in [4.69, 9.17) is 37.3 Å². The fourth-order valence-corrected chi connectivity index (χ4v) is 6.51. The first-order chi connectivity index (χ1) is 19.2. The number of nitrogens with zero attached hydrogens (tertiary/aromatic N) is 1. The number of nitrogens with one attached hydrogen (secondary N) is 1. The summed E-state index contributed by atoms with van der Waals surface area (Å²) in [6, 6.07) is 16.9. The standard InChI is InChI=1S/C32H32Cl2N2O3S/c1-32(2,3)22-10-11-25-28(16-22)40-31(29(25)30(37)35-18-24-8-5-13-38-24)36-17-20-6-4-7-23(14-20)39-19-21-9-12-26(33)27(34)15-21/h4-9,12-15,17,22H,10-11,16,18-19H2,1-3H3,(H,35,37)/t22-/m1/s1. The first kappa shape index (κ1) is 28.5. The lowest BCUT2D eigenvalue weighted by Gasteiger charge is -2.33. The van der Waals surface area contributed by atoms with Gasteiger partial charge in [-0.05, 0) is 83.7 Å². The third kappa shape index (κ3) is 6.80. The number of hydrogen-bond acceptors (Lipinski definition) is 5. The van der Waals surface area contributed by atoms with E-state index in [1.54, 1.807) is 35.9 Å². The Morgan fingerprint density at radius 1 is 1.15 bits per heavy atom. The van der Waals surface area contributed by atoms with Crippen molar-refractivity contribution < 1.29 is 13.9 Å². The van der Waals surface area contributed by atoms with E-state index in [0.717, 1.165) is 41.0 Å². The van der Waals surface area contributed by atoms with Crippen molar-refractivity contribution >= 4 is 51.7 Å². The Kier molecular flexibility index (Phi) is 8.69. The van der Waals surface area contributed by atoms with E-state index in [2.05, 4.69) is 26.1 Å². The van der Waals surface area contributed by atoms with Crippen molar-refractivity contribution in [3.8, 4) is 5.75 Å². The third-order valence-electron chi connectivity index (χ3n) is 7.28. The van der Waals surface area contributed by atoms with Crippen molar-refractivity contribution in [2.24, 2.45) is 16.3 Å². The number of furan rings is 1. The topological polar surface area (TPSA) is 63.8 Å². The van der Waals surface area contributed by atoms with Crippen molar-refractivity contribution in [3.63, 3.8) is 0 Å². The zero-order chi connectivity index (χ0) is 28.3. The number of ether oxygens (including phenoxy) is 1. The molecule has 0 unspecified atom stereocenters. The molecule has 2 heterocycles. The highest BCUT2D eigenvalue weighted by Crippen LogP contribution is 2.45. The molecule has 8 heteroatoms. The van der Waals surface area contributed by atoms with Gasteiger partial charge in [-0.1, -0.05) is 62.2 Å². The lowest BCUT2D eigenvalue weighted by molar-refractivity contribution is 0.0947. The minimum Gasteiger partial charge on any atom is -0.489 e. The average Bonchev–Trinajstić information content (AvgIpc) is 3.58. The molecule has 2 aromatic heterocycles. The van der Waals surface area contributed by atoms with Crippen molar-refractivity contribution in [2.45, 2.75) is 53.2 Å². The SMILES string of the molecule is CC(C)(C)[C@@H]1CCc2c(sc(N=Cc3cccc(OCc4ccc(Cl)c(Cl)c4)c3)c2C(=O)NCc2ccco2)C1. The van der Waals surface area contributed by atoms with Crippen molar-refractivity contribution in [3.05, 3.63) is 104 Å². The predicted octanol–water partition coefficient (Wildman–Crippen LogP) is 9.06. The van der Waals surface area contributed by atoms with Crippen LogP contribution in [0.2, 0.25) is 10.0 Å². The third-order valence-corrected chi connectivity index (χ3v) is 9.18. The van der Waals surface area contributed by atoms with Gasteiger partial charge in [0.25, 0.3) is 5.91 Å². The Morgan fingerprint density at radius 2 is 2.00 bits per heavy atom. The van der Waals surface area contributed by atoms with Gasteiger partial charge in [-0.2, -0.15) is 0 Å². The molecule has 5 nitrogen and oxygen atoms in total. The molecule has 1 N–H and O–H groups in total. The number of benzene rings is 2. The normalized spacial score (nSPS) is 15.3. The molecule has 2 aromatic carbocycles. The van der Waals surface area contributed by atoms with Crippen LogP contribution in [0.5, 0.6) is 5.75 Å². The highest BCUT2D eigenvalue weighted by atomic mass is 35.5. The van der Waals surface area contributed by atoms with Gasteiger partial charge in [-0.3, -0.25) is 4.79 Å². The number of fused-ring (bicyclic) bond motifs is 1. The molecule has 0 fully saturated rings. The highest BCUT2D eigenvalue weighted by Gasteiger charge is 2.33. The zero-order valence-electron chi connectivity index (χ0n) is 22.8. The lowest BCUT2D eigenvalue weighted by Crippen LogP contribution is -2.28. The molecule has 1 aliphatic carbocycles. The van der Waals surface area contributed by atoms with E-state index in [1.807, 2.05) is 42.5 Å². The molecule has 0 bridgehead atoms. The molecule has 0 saturated heterocycles. The number of halogens is 2. The zero-order valence-corrected chi connectivity index (χ0v) is 25.1. The molecule has 4 aromatic rings. The van der Waals surface area contributed by atoms with Crippen LogP contribution in [0.4, 0.5) is 5.00 Å². The maximum absolute atomic E-state index is 13.4. The number of carbonyl (C=O) groups is 1. The quantitative estimate of drug-likeness (QED) is 0.207. The molecule has 0 radical (unpaired) electrons. The van der Waals surface area contributed by atoms with Crippen LogP contribution in [0.25, 0.3) is 0 Å². The summed E-state index contributed by atoms with van der Waals surface area (Å²) >= 11 is 13.8. The molecular formula is C32H32Cl2N2O3S. The minimum atomic E-state index is -0.117. The predicted molar refractivity (Wildman–Crippen MR) is 164 cm³/mol. The summed E-state index contributed by atoms with van der Waals surface area (Å²) in [7, 11) is 0. The Hall–Kier alpha value is -3.06. The number of amides is 1. The van der Waals surface area contributed by atoms with Crippen molar-refractivity contribution in [2.75, 3.05) is 0 Å². The van der Waals surface area contributed by atoms with Crippen molar-refractivity contribution in [1.82, 2.24) is 5.32 Å². The molecule has 0 aliphatic heterocycles. The minimum absolute atomic E-state index is 0.117. The first-order valence-electron chi connectivity index (χ1n) is 13.3. The lowest BCUT2D eigenvalue weighted by atomic mass is 9.72. The van der Waals surface area contributed by atoms with Gasteiger partial charge < -0.3 is 14.5 Å². The van der Waals surface area contributed by atoms with Gasteiger partial charge in [0.15, 0.2) is 0 Å². The van der Waals surface area contributed by atoms with Crippen LogP contribution < -0.4 is 10.1 Å². The van der Waals surface area contributed by atoms with Gasteiger partial charge in [-0.15, -0.1) is 11.3 Å². The average molecular weight is 596 g/mol. The van der Waals surface area contributed by atoms with Crippen LogP contribution in [-0.4, -0.2) is 12.1 Å². The smallest absolute Gasteiger partial charge is 0.255 e. The van der Waals surface area contributed by atoms with E-state index in [1.165, 1.54) is 4.88 Å². The first-order valence-corrected chi connectivity index (χ1v) is 14.9. The van der Waals surface area contributed by atoms with Crippen LogP contribution in [0.3, 0.4) is 0 Å². The summed E-state index contributed by atoms with van der Waals surface area (Å²) in [5.74, 6) is 1.88. The van der Waals surface area contributed by atoms with Crippen LogP contribution in [0, 0.1) is 11.3 Å². The van der Waals surface area contributed by atoms with E-state index >= 15 is 0 Å². The van der Waals surface area contributed by atoms with Gasteiger partial charge in [0.05, 0.1) is 28.4 Å². The van der Waals surface area contributed by atoms with Gasteiger partial charge in [0.1, 0.15) is 23.1 Å². The Morgan fingerprint density at radius 3 is 2.75 bits per heavy atom. The number of thiophene rings is 1. The summed E-state index contributed by atoms with van der Waals surface area (Å²) in [6.45, 7) is 7.58. The van der Waals surface area contributed by atoms with Crippen LogP contribution in [-0.2, 0) is 26.0 Å². The summed E-state index contributed by atoms with van der Waals surface area (Å²) in [4.78, 5) is 19.5. The van der Waals surface area contributed by atoms with E-state index in [9.17, 15) is 4.79 Å². The summed E-state index contributed by atoms with van der Waals surface area (Å²) in [5, 5.41) is 4.78. The highest BCUT2D eigenvalue weighted by molar-refractivity contribution is 7.16. The fourth-order valence-electron chi connectivity index (χ4n) is 4.92. The fraction of sp³-hybridized carbons (Fsp3) is 0.312. The molecule has 1 amide bonds. The second-order valence-corrected chi connectivity index (χ2v) is 13.0. The number of carbonyl (C=O) groups excluding carboxylic acids is 1. The maximum atomic E-state index is 13.4. The molecule has 0 spiro atoms. The molecule has 1 atom stereocenters. The monoisotopic (exact) mass is 594 g/mol. The van der Waals surface area contributed by atoms with Gasteiger partial charge in [-0.25, -0.2) is 4.99 Å². The van der Waals surface area contributed by atoms with Crippen molar-refractivity contribution in [1.29, 1.82) is 0 Å². The van der Waals surface area contributed by atoms with E-state index in [0.29, 0.717) is 46.2 Å². The Bertz CT molecular complexity index is 1520. The maximum Gasteiger partial charge on any atom is 0.255 e. The second-order valence-electron chi connectivity index (χ2n) is 11.1. The molecule has 40 heavy (non-hydrogen) atoms. The number of hydrogen-bond donors (Lipinski definition) is 1. The van der Waals surface area contributed by atoms with Gasteiger partial charge >= 0.3 is 0 Å². The number of aliphatic imine (C=N–C) groups is 1. The van der Waals surface area contributed by atoms with Crippen LogP contribution in [0.1, 0.15) is 64.9 Å². The molecule has 5 rings (SSSR count). The summed E-state index contributed by atoms with van der Waals surface area (Å²) < 4.78 is 11.4. The second kappa shape index (κ2) is 12.2. The number of rotatable bonds is 8. The largest absolute Gasteiger partial charge is 0.489 e. The Labute approximate surface area is 249 Å². The summed E-state index contributed by atoms with van der Waals surface area (Å²) in [5.41, 5.74) is 3.84. The van der Waals surface area contributed by atoms with Crippen LogP contribution in [0.15, 0.2) is 70.3 Å². The van der Waals surface area contributed by atoms with E-state index in [-0.39, 0.29) is 11.3 Å².